The molecule has 0 saturated heterocycles. The molecule has 3 heteroatoms. The van der Waals surface area contributed by atoms with Gasteiger partial charge >= 0.3 is 0 Å². The fourth-order valence-electron chi connectivity index (χ4n) is 2.18. The van der Waals surface area contributed by atoms with Crippen molar-refractivity contribution in [1.29, 1.82) is 0 Å². The van der Waals surface area contributed by atoms with Gasteiger partial charge in [-0.1, -0.05) is 35.9 Å². The second-order valence-electron chi connectivity index (χ2n) is 5.34. The van der Waals surface area contributed by atoms with Gasteiger partial charge in [-0.15, -0.1) is 11.8 Å². The minimum Gasteiger partial charge on any atom is -0.325 e. The first-order valence-electron chi connectivity index (χ1n) is 7.05. The van der Waals surface area contributed by atoms with Crippen molar-refractivity contribution in [3.05, 3.63) is 64.7 Å². The van der Waals surface area contributed by atoms with E-state index in [2.05, 4.69) is 37.4 Å². The Morgan fingerprint density at radius 1 is 1.05 bits per heavy atom. The van der Waals surface area contributed by atoms with Crippen LogP contribution in [0.4, 0.5) is 5.69 Å². The Labute approximate surface area is 131 Å². The maximum Gasteiger partial charge on any atom is 0.234 e. The molecule has 2 nitrogen and oxygen atoms in total. The highest BCUT2D eigenvalue weighted by atomic mass is 32.2. The van der Waals surface area contributed by atoms with Crippen molar-refractivity contribution in [3.63, 3.8) is 0 Å². The van der Waals surface area contributed by atoms with Crippen LogP contribution in [-0.2, 0) is 10.5 Å². The fourth-order valence-corrected chi connectivity index (χ4v) is 3.08. The van der Waals surface area contributed by atoms with Gasteiger partial charge in [0.15, 0.2) is 0 Å². The van der Waals surface area contributed by atoms with Gasteiger partial charge in [-0.05, 0) is 49.6 Å². The molecule has 0 bridgehead atoms. The Kier molecular flexibility index (Phi) is 5.45. The molecule has 2 rings (SSSR count). The summed E-state index contributed by atoms with van der Waals surface area (Å²) >= 11 is 1.65. The molecule has 0 aliphatic heterocycles. The number of benzene rings is 2. The second-order valence-corrected chi connectivity index (χ2v) is 6.33. The van der Waals surface area contributed by atoms with Crippen molar-refractivity contribution in [3.8, 4) is 0 Å². The maximum absolute atomic E-state index is 11.9. The third kappa shape index (κ3) is 4.94. The van der Waals surface area contributed by atoms with Gasteiger partial charge < -0.3 is 5.32 Å². The molecule has 1 N–H and O–H groups in total. The zero-order valence-electron chi connectivity index (χ0n) is 12.8. The molecule has 0 aliphatic carbocycles. The summed E-state index contributed by atoms with van der Waals surface area (Å²) in [6, 6.07) is 14.3. The van der Waals surface area contributed by atoms with E-state index in [1.807, 2.05) is 31.2 Å². The summed E-state index contributed by atoms with van der Waals surface area (Å²) in [5.41, 5.74) is 5.89. The Morgan fingerprint density at radius 3 is 2.52 bits per heavy atom. The first-order valence-corrected chi connectivity index (χ1v) is 8.20. The predicted molar refractivity (Wildman–Crippen MR) is 91.9 cm³/mol. The minimum absolute atomic E-state index is 0.0513. The number of rotatable bonds is 5. The van der Waals surface area contributed by atoms with E-state index in [1.165, 1.54) is 16.7 Å². The van der Waals surface area contributed by atoms with E-state index < -0.39 is 0 Å². The maximum atomic E-state index is 11.9. The molecule has 0 saturated carbocycles. The summed E-state index contributed by atoms with van der Waals surface area (Å²) in [6.07, 6.45) is 0. The van der Waals surface area contributed by atoms with E-state index in [1.54, 1.807) is 11.8 Å². The van der Waals surface area contributed by atoms with Gasteiger partial charge in [0.05, 0.1) is 5.75 Å². The molecule has 2 aromatic rings. The van der Waals surface area contributed by atoms with Crippen LogP contribution in [-0.4, -0.2) is 11.7 Å². The van der Waals surface area contributed by atoms with Crippen LogP contribution in [0.5, 0.6) is 0 Å². The van der Waals surface area contributed by atoms with Crippen LogP contribution >= 0.6 is 11.8 Å². The number of carbonyl (C=O) groups excluding carboxylic acids is 1. The molecule has 1 amide bonds. The number of nitrogens with one attached hydrogen (secondary N) is 1. The van der Waals surface area contributed by atoms with Crippen molar-refractivity contribution in [2.75, 3.05) is 11.1 Å². The lowest BCUT2D eigenvalue weighted by Crippen LogP contribution is -2.14. The lowest BCUT2D eigenvalue weighted by molar-refractivity contribution is -0.113. The quantitative estimate of drug-likeness (QED) is 0.881. The predicted octanol–water partition coefficient (Wildman–Crippen LogP) is 4.48. The number of thioether (sulfide) groups is 1. The molecule has 0 aliphatic rings. The van der Waals surface area contributed by atoms with Crippen molar-refractivity contribution < 1.29 is 4.79 Å². The molecule has 2 aromatic carbocycles. The Bertz CT molecular complexity index is 637. The van der Waals surface area contributed by atoms with Gasteiger partial charge in [-0.25, -0.2) is 0 Å². The molecular weight excluding hydrogens is 278 g/mol. The van der Waals surface area contributed by atoms with E-state index in [9.17, 15) is 4.79 Å². The number of hydrogen-bond acceptors (Lipinski definition) is 2. The van der Waals surface area contributed by atoms with Crippen LogP contribution in [0.3, 0.4) is 0 Å². The first kappa shape index (κ1) is 15.6. The van der Waals surface area contributed by atoms with Crippen LogP contribution in [0.15, 0.2) is 42.5 Å². The minimum atomic E-state index is 0.0513. The Hall–Kier alpha value is -1.74. The third-order valence-corrected chi connectivity index (χ3v) is 4.27. The largest absolute Gasteiger partial charge is 0.325 e. The summed E-state index contributed by atoms with van der Waals surface area (Å²) in [7, 11) is 0. The van der Waals surface area contributed by atoms with Crippen molar-refractivity contribution >= 4 is 23.4 Å². The molecular formula is C18H21NOS. The van der Waals surface area contributed by atoms with Crippen molar-refractivity contribution in [2.24, 2.45) is 0 Å². The average Bonchev–Trinajstić information content (AvgIpc) is 2.41. The SMILES string of the molecule is Cc1cccc(NC(=O)CSCc2ccc(C)cc2C)c1. The normalized spacial score (nSPS) is 10.4. The third-order valence-electron chi connectivity index (χ3n) is 3.29. The fraction of sp³-hybridized carbons (Fsp3) is 0.278. The summed E-state index contributed by atoms with van der Waals surface area (Å²) in [6.45, 7) is 6.24. The summed E-state index contributed by atoms with van der Waals surface area (Å²) in [5, 5.41) is 2.93. The van der Waals surface area contributed by atoms with E-state index in [4.69, 9.17) is 0 Å². The monoisotopic (exact) mass is 299 g/mol. The zero-order chi connectivity index (χ0) is 15.2. The van der Waals surface area contributed by atoms with Gasteiger partial charge in [0.2, 0.25) is 5.91 Å². The number of aryl methyl sites for hydroxylation is 3. The average molecular weight is 299 g/mol. The van der Waals surface area contributed by atoms with Gasteiger partial charge in [0.25, 0.3) is 0 Å². The van der Waals surface area contributed by atoms with E-state index in [-0.39, 0.29) is 5.91 Å². The molecule has 0 aromatic heterocycles. The van der Waals surface area contributed by atoms with E-state index >= 15 is 0 Å². The van der Waals surface area contributed by atoms with E-state index in [0.717, 1.165) is 17.0 Å². The highest BCUT2D eigenvalue weighted by Crippen LogP contribution is 2.18. The zero-order valence-corrected chi connectivity index (χ0v) is 13.6. The van der Waals surface area contributed by atoms with Crippen LogP contribution in [0.1, 0.15) is 22.3 Å². The molecule has 0 unspecified atom stereocenters. The highest BCUT2D eigenvalue weighted by molar-refractivity contribution is 7.99. The smallest absolute Gasteiger partial charge is 0.234 e. The Balaban J connectivity index is 1.81. The summed E-state index contributed by atoms with van der Waals surface area (Å²) in [5.74, 6) is 1.39. The van der Waals surface area contributed by atoms with Gasteiger partial charge in [-0.2, -0.15) is 0 Å². The molecule has 0 heterocycles. The number of hydrogen-bond donors (Lipinski definition) is 1. The van der Waals surface area contributed by atoms with Crippen molar-refractivity contribution in [1.82, 2.24) is 0 Å². The van der Waals surface area contributed by atoms with Crippen molar-refractivity contribution in [2.45, 2.75) is 26.5 Å². The van der Waals surface area contributed by atoms with Gasteiger partial charge in [0, 0.05) is 11.4 Å². The molecule has 110 valence electrons. The summed E-state index contributed by atoms with van der Waals surface area (Å²) in [4.78, 5) is 11.9. The lowest BCUT2D eigenvalue weighted by Gasteiger charge is -2.08. The van der Waals surface area contributed by atoms with Crippen LogP contribution in [0.2, 0.25) is 0 Å². The molecule has 0 atom stereocenters. The van der Waals surface area contributed by atoms with Gasteiger partial charge in [0.1, 0.15) is 0 Å². The standard InChI is InChI=1S/C18H21NOS/c1-13-5-4-6-17(10-13)19-18(20)12-21-11-16-8-7-14(2)9-15(16)3/h4-10H,11-12H2,1-3H3,(H,19,20). The summed E-state index contributed by atoms with van der Waals surface area (Å²) < 4.78 is 0. The highest BCUT2D eigenvalue weighted by Gasteiger charge is 2.04. The Morgan fingerprint density at radius 2 is 1.81 bits per heavy atom. The molecule has 0 fully saturated rings. The second kappa shape index (κ2) is 7.32. The molecule has 0 spiro atoms. The first-order chi connectivity index (χ1) is 10.0. The van der Waals surface area contributed by atoms with Gasteiger partial charge in [-0.3, -0.25) is 4.79 Å². The van der Waals surface area contributed by atoms with Crippen LogP contribution in [0.25, 0.3) is 0 Å². The topological polar surface area (TPSA) is 29.1 Å². The lowest BCUT2D eigenvalue weighted by atomic mass is 10.1. The molecule has 0 radical (unpaired) electrons. The number of amides is 1. The molecule has 21 heavy (non-hydrogen) atoms. The number of carbonyl (C=O) groups is 1. The van der Waals surface area contributed by atoms with Crippen LogP contribution < -0.4 is 5.32 Å². The van der Waals surface area contributed by atoms with E-state index in [0.29, 0.717) is 5.75 Å². The van der Waals surface area contributed by atoms with Crippen LogP contribution in [0, 0.1) is 20.8 Å². The number of anilines is 1.